The molecule has 2 aromatic rings. The molecule has 0 radical (unpaired) electrons. The first-order chi connectivity index (χ1) is 9.76. The summed E-state index contributed by atoms with van der Waals surface area (Å²) in [4.78, 5) is 0. The van der Waals surface area contributed by atoms with Gasteiger partial charge in [0.25, 0.3) is 0 Å². The number of nitrogens with one attached hydrogen (secondary N) is 1. The monoisotopic (exact) mass is 273 g/mol. The van der Waals surface area contributed by atoms with Crippen molar-refractivity contribution < 1.29 is 9.13 Å². The van der Waals surface area contributed by atoms with Crippen LogP contribution in [0.2, 0.25) is 0 Å². The van der Waals surface area contributed by atoms with Gasteiger partial charge in [0.15, 0.2) is 0 Å². The van der Waals surface area contributed by atoms with E-state index in [1.807, 2.05) is 37.3 Å². The summed E-state index contributed by atoms with van der Waals surface area (Å²) >= 11 is 0. The van der Waals surface area contributed by atoms with E-state index in [4.69, 9.17) is 4.74 Å². The summed E-state index contributed by atoms with van der Waals surface area (Å²) in [5.74, 6) is 0.560. The summed E-state index contributed by atoms with van der Waals surface area (Å²) in [5, 5.41) is 3.28. The Hall–Kier alpha value is -1.87. The molecular formula is C17H20FNO. The first-order valence-electron chi connectivity index (χ1n) is 6.97. The minimum Gasteiger partial charge on any atom is -0.493 e. The molecule has 0 saturated carbocycles. The molecular weight excluding hydrogens is 253 g/mol. The van der Waals surface area contributed by atoms with Gasteiger partial charge in [-0.1, -0.05) is 31.2 Å². The van der Waals surface area contributed by atoms with E-state index in [9.17, 15) is 4.39 Å². The predicted molar refractivity (Wildman–Crippen MR) is 80.4 cm³/mol. The molecule has 0 atom stereocenters. The Kier molecular flexibility index (Phi) is 5.13. The molecule has 0 heterocycles. The third-order valence-electron chi connectivity index (χ3n) is 3.11. The molecule has 0 aliphatic carbocycles. The van der Waals surface area contributed by atoms with Crippen LogP contribution in [0.15, 0.2) is 42.5 Å². The number of hydrogen-bond acceptors (Lipinski definition) is 2. The standard InChI is InChI=1S/C17H20FNO/c1-3-19-12-13-9-10-14(18)11-16(13)15-7-5-6-8-17(15)20-4-2/h5-11,19H,3-4,12H2,1-2H3. The third kappa shape index (κ3) is 3.36. The van der Waals surface area contributed by atoms with Gasteiger partial charge >= 0.3 is 0 Å². The second-order valence-corrected chi connectivity index (χ2v) is 4.51. The van der Waals surface area contributed by atoms with Gasteiger partial charge in [-0.3, -0.25) is 0 Å². The fraction of sp³-hybridized carbons (Fsp3) is 0.294. The maximum absolute atomic E-state index is 13.6. The van der Waals surface area contributed by atoms with Gasteiger partial charge in [-0.15, -0.1) is 0 Å². The van der Waals surface area contributed by atoms with Crippen LogP contribution in [0.5, 0.6) is 5.75 Å². The summed E-state index contributed by atoms with van der Waals surface area (Å²) in [5.41, 5.74) is 2.89. The number of para-hydroxylation sites is 1. The number of benzene rings is 2. The summed E-state index contributed by atoms with van der Waals surface area (Å²) in [7, 11) is 0. The Morgan fingerprint density at radius 1 is 1.05 bits per heavy atom. The van der Waals surface area contributed by atoms with Crippen molar-refractivity contribution in [3.05, 3.63) is 53.8 Å². The van der Waals surface area contributed by atoms with Gasteiger partial charge in [-0.2, -0.15) is 0 Å². The molecule has 0 aliphatic heterocycles. The van der Waals surface area contributed by atoms with Gasteiger partial charge in [0.05, 0.1) is 6.61 Å². The van der Waals surface area contributed by atoms with E-state index in [-0.39, 0.29) is 5.82 Å². The van der Waals surface area contributed by atoms with Crippen molar-refractivity contribution >= 4 is 0 Å². The van der Waals surface area contributed by atoms with E-state index < -0.39 is 0 Å². The van der Waals surface area contributed by atoms with E-state index >= 15 is 0 Å². The van der Waals surface area contributed by atoms with Gasteiger partial charge in [0.1, 0.15) is 11.6 Å². The van der Waals surface area contributed by atoms with Gasteiger partial charge in [0, 0.05) is 12.1 Å². The highest BCUT2D eigenvalue weighted by molar-refractivity contribution is 5.73. The average molecular weight is 273 g/mol. The van der Waals surface area contributed by atoms with Crippen molar-refractivity contribution in [1.29, 1.82) is 0 Å². The Balaban J connectivity index is 2.47. The highest BCUT2D eigenvalue weighted by Crippen LogP contribution is 2.32. The van der Waals surface area contributed by atoms with Crippen molar-refractivity contribution in [1.82, 2.24) is 5.32 Å². The summed E-state index contributed by atoms with van der Waals surface area (Å²) in [6.45, 7) is 6.19. The molecule has 0 amide bonds. The Bertz CT molecular complexity index is 569. The molecule has 3 heteroatoms. The summed E-state index contributed by atoms with van der Waals surface area (Å²) < 4.78 is 19.3. The Labute approximate surface area is 119 Å². The van der Waals surface area contributed by atoms with Crippen LogP contribution in [0.3, 0.4) is 0 Å². The molecule has 0 aliphatic rings. The van der Waals surface area contributed by atoms with E-state index in [0.29, 0.717) is 13.2 Å². The highest BCUT2D eigenvalue weighted by Gasteiger charge is 2.11. The normalized spacial score (nSPS) is 10.6. The molecule has 0 saturated heterocycles. The molecule has 2 aromatic carbocycles. The predicted octanol–water partition coefficient (Wildman–Crippen LogP) is 4.00. The van der Waals surface area contributed by atoms with Crippen LogP contribution < -0.4 is 10.1 Å². The van der Waals surface area contributed by atoms with Gasteiger partial charge in [-0.05, 0) is 42.8 Å². The zero-order chi connectivity index (χ0) is 14.4. The molecule has 0 aromatic heterocycles. The van der Waals surface area contributed by atoms with Gasteiger partial charge < -0.3 is 10.1 Å². The second kappa shape index (κ2) is 7.06. The van der Waals surface area contributed by atoms with Crippen LogP contribution in [-0.4, -0.2) is 13.2 Å². The molecule has 0 fully saturated rings. The maximum Gasteiger partial charge on any atom is 0.127 e. The van der Waals surface area contributed by atoms with Crippen molar-refractivity contribution in [2.75, 3.05) is 13.2 Å². The quantitative estimate of drug-likeness (QED) is 0.859. The van der Waals surface area contributed by atoms with E-state index in [1.54, 1.807) is 6.07 Å². The minimum atomic E-state index is -0.230. The number of halogens is 1. The number of rotatable bonds is 6. The largest absolute Gasteiger partial charge is 0.493 e. The first-order valence-corrected chi connectivity index (χ1v) is 6.97. The minimum absolute atomic E-state index is 0.230. The number of ether oxygens (including phenoxy) is 1. The highest BCUT2D eigenvalue weighted by atomic mass is 19.1. The molecule has 0 unspecified atom stereocenters. The molecule has 106 valence electrons. The van der Waals surface area contributed by atoms with Gasteiger partial charge in [-0.25, -0.2) is 4.39 Å². The first kappa shape index (κ1) is 14.5. The molecule has 2 rings (SSSR count). The fourth-order valence-electron chi connectivity index (χ4n) is 2.18. The van der Waals surface area contributed by atoms with E-state index in [0.717, 1.165) is 29.0 Å². The lowest BCUT2D eigenvalue weighted by Crippen LogP contribution is -2.12. The smallest absolute Gasteiger partial charge is 0.127 e. The lowest BCUT2D eigenvalue weighted by molar-refractivity contribution is 0.341. The van der Waals surface area contributed by atoms with Crippen LogP contribution in [0.4, 0.5) is 4.39 Å². The van der Waals surface area contributed by atoms with Crippen molar-refractivity contribution in [3.63, 3.8) is 0 Å². The van der Waals surface area contributed by atoms with Crippen LogP contribution in [0.25, 0.3) is 11.1 Å². The molecule has 2 nitrogen and oxygen atoms in total. The van der Waals surface area contributed by atoms with Crippen molar-refractivity contribution in [3.8, 4) is 16.9 Å². The van der Waals surface area contributed by atoms with Crippen molar-refractivity contribution in [2.24, 2.45) is 0 Å². The average Bonchev–Trinajstić information content (AvgIpc) is 2.47. The van der Waals surface area contributed by atoms with Crippen molar-refractivity contribution in [2.45, 2.75) is 20.4 Å². The third-order valence-corrected chi connectivity index (χ3v) is 3.11. The van der Waals surface area contributed by atoms with Crippen LogP contribution in [0, 0.1) is 5.82 Å². The van der Waals surface area contributed by atoms with Crippen LogP contribution >= 0.6 is 0 Å². The topological polar surface area (TPSA) is 21.3 Å². The zero-order valence-corrected chi connectivity index (χ0v) is 11.9. The molecule has 20 heavy (non-hydrogen) atoms. The lowest BCUT2D eigenvalue weighted by Gasteiger charge is -2.14. The van der Waals surface area contributed by atoms with Crippen LogP contribution in [0.1, 0.15) is 19.4 Å². The maximum atomic E-state index is 13.6. The molecule has 0 spiro atoms. The van der Waals surface area contributed by atoms with E-state index in [1.165, 1.54) is 6.07 Å². The van der Waals surface area contributed by atoms with E-state index in [2.05, 4.69) is 12.2 Å². The lowest BCUT2D eigenvalue weighted by atomic mass is 9.98. The number of hydrogen-bond donors (Lipinski definition) is 1. The summed E-state index contributed by atoms with van der Waals surface area (Å²) in [6, 6.07) is 12.7. The summed E-state index contributed by atoms with van der Waals surface area (Å²) in [6.07, 6.45) is 0. The van der Waals surface area contributed by atoms with Crippen LogP contribution in [-0.2, 0) is 6.54 Å². The Morgan fingerprint density at radius 2 is 1.85 bits per heavy atom. The zero-order valence-electron chi connectivity index (χ0n) is 11.9. The Morgan fingerprint density at radius 3 is 2.60 bits per heavy atom. The second-order valence-electron chi connectivity index (χ2n) is 4.51. The molecule has 1 N–H and O–H groups in total. The SMILES string of the molecule is CCNCc1ccc(F)cc1-c1ccccc1OCC. The molecule has 0 bridgehead atoms. The van der Waals surface area contributed by atoms with Gasteiger partial charge in [0.2, 0.25) is 0 Å². The fourth-order valence-corrected chi connectivity index (χ4v) is 2.18.